The van der Waals surface area contributed by atoms with Gasteiger partial charge < -0.3 is 15.7 Å². The Morgan fingerprint density at radius 2 is 1.88 bits per heavy atom. The highest BCUT2D eigenvalue weighted by Crippen LogP contribution is 2.06. The number of carboxylic acid groups (broad SMARTS) is 1. The van der Waals surface area contributed by atoms with E-state index < -0.39 is 5.97 Å². The van der Waals surface area contributed by atoms with Crippen LogP contribution in [-0.2, 0) is 4.79 Å². The van der Waals surface area contributed by atoms with Gasteiger partial charge in [0.05, 0.1) is 0 Å². The van der Waals surface area contributed by atoms with Crippen molar-refractivity contribution in [3.63, 3.8) is 0 Å². The number of carbonyl (C=O) groups excluding carboxylic acids is 1. The van der Waals surface area contributed by atoms with Gasteiger partial charge in [0, 0.05) is 24.8 Å². The van der Waals surface area contributed by atoms with Gasteiger partial charge in [-0.1, -0.05) is 20.3 Å². The maximum Gasteiger partial charge on any atom is 0.314 e. The third-order valence-electron chi connectivity index (χ3n) is 2.54. The van der Waals surface area contributed by atoms with Crippen LogP contribution in [0, 0.1) is 5.92 Å². The molecular weight excluding hydrogens is 240 g/mol. The van der Waals surface area contributed by atoms with Crippen molar-refractivity contribution >= 4 is 23.8 Å². The average molecular weight is 262 g/mol. The first-order chi connectivity index (χ1) is 7.99. The molecule has 0 aliphatic heterocycles. The number of rotatable bonds is 8. The minimum Gasteiger partial charge on any atom is -0.481 e. The van der Waals surface area contributed by atoms with Crippen LogP contribution in [-0.4, -0.2) is 41.7 Å². The summed E-state index contributed by atoms with van der Waals surface area (Å²) in [7, 11) is 0. The molecule has 0 aromatic carbocycles. The molecule has 0 aliphatic rings. The molecule has 2 atom stereocenters. The lowest BCUT2D eigenvalue weighted by Gasteiger charge is -2.15. The molecule has 2 amide bonds. The summed E-state index contributed by atoms with van der Waals surface area (Å²) in [5, 5.41) is 14.5. The summed E-state index contributed by atoms with van der Waals surface area (Å²) in [5.41, 5.74) is 0. The molecule has 0 aliphatic carbocycles. The molecule has 100 valence electrons. The first-order valence-electron chi connectivity index (χ1n) is 5.75. The Morgan fingerprint density at radius 3 is 2.35 bits per heavy atom. The molecule has 0 saturated carbocycles. The molecule has 6 heteroatoms. The summed E-state index contributed by atoms with van der Waals surface area (Å²) in [6.45, 7) is 4.97. The van der Waals surface area contributed by atoms with Crippen LogP contribution in [0.2, 0.25) is 0 Å². The van der Waals surface area contributed by atoms with Crippen molar-refractivity contribution in [2.24, 2.45) is 5.92 Å². The molecule has 3 N–H and O–H groups in total. The van der Waals surface area contributed by atoms with E-state index in [1.807, 2.05) is 20.1 Å². The standard InChI is InChI=1S/C11H22N2O3S/c1-4-9(5-10(14)15)7-13-11(16)12-6-8(2)17-3/h8-9H,4-7H2,1-3H3,(H,14,15)(H2,12,13,16). The van der Waals surface area contributed by atoms with Gasteiger partial charge in [-0.15, -0.1) is 0 Å². The molecular formula is C11H22N2O3S. The minimum absolute atomic E-state index is 0.00350. The fraction of sp³-hybridized carbons (Fsp3) is 0.818. The van der Waals surface area contributed by atoms with Gasteiger partial charge >= 0.3 is 12.0 Å². The van der Waals surface area contributed by atoms with E-state index in [1.165, 1.54) is 0 Å². The van der Waals surface area contributed by atoms with Crippen LogP contribution >= 0.6 is 11.8 Å². The summed E-state index contributed by atoms with van der Waals surface area (Å²) in [6, 6.07) is -0.227. The quantitative estimate of drug-likeness (QED) is 0.620. The van der Waals surface area contributed by atoms with Crippen molar-refractivity contribution in [3.05, 3.63) is 0 Å². The number of nitrogens with one attached hydrogen (secondary N) is 2. The molecule has 0 fully saturated rings. The van der Waals surface area contributed by atoms with Crippen molar-refractivity contribution in [2.75, 3.05) is 19.3 Å². The van der Waals surface area contributed by atoms with Crippen LogP contribution in [0.5, 0.6) is 0 Å². The number of amides is 2. The Morgan fingerprint density at radius 1 is 1.29 bits per heavy atom. The molecule has 2 unspecified atom stereocenters. The van der Waals surface area contributed by atoms with Crippen molar-refractivity contribution in [3.8, 4) is 0 Å². The van der Waals surface area contributed by atoms with E-state index in [1.54, 1.807) is 11.8 Å². The van der Waals surface area contributed by atoms with Gasteiger partial charge in [0.25, 0.3) is 0 Å². The number of aliphatic carboxylic acids is 1. The number of carboxylic acids is 1. The Balaban J connectivity index is 3.77. The molecule has 0 saturated heterocycles. The zero-order valence-corrected chi connectivity index (χ0v) is 11.5. The van der Waals surface area contributed by atoms with Crippen molar-refractivity contribution in [2.45, 2.75) is 31.9 Å². The van der Waals surface area contributed by atoms with Gasteiger partial charge in [-0.3, -0.25) is 4.79 Å². The maximum atomic E-state index is 11.4. The molecule has 5 nitrogen and oxygen atoms in total. The SMILES string of the molecule is CCC(CNC(=O)NCC(C)SC)CC(=O)O. The highest BCUT2D eigenvalue weighted by Gasteiger charge is 2.12. The van der Waals surface area contributed by atoms with Crippen molar-refractivity contribution in [1.29, 1.82) is 0 Å². The summed E-state index contributed by atoms with van der Waals surface area (Å²) < 4.78 is 0. The summed E-state index contributed by atoms with van der Waals surface area (Å²) in [5.74, 6) is -0.828. The fourth-order valence-electron chi connectivity index (χ4n) is 1.23. The number of carbonyl (C=O) groups is 2. The zero-order valence-electron chi connectivity index (χ0n) is 10.7. The highest BCUT2D eigenvalue weighted by molar-refractivity contribution is 7.99. The molecule has 17 heavy (non-hydrogen) atoms. The molecule has 0 bridgehead atoms. The second-order valence-electron chi connectivity index (χ2n) is 4.01. The molecule has 0 spiro atoms. The van der Waals surface area contributed by atoms with Crippen LogP contribution in [0.15, 0.2) is 0 Å². The summed E-state index contributed by atoms with van der Waals surface area (Å²) in [6.07, 6.45) is 2.83. The van der Waals surface area contributed by atoms with Gasteiger partial charge in [-0.25, -0.2) is 4.79 Å². The Labute approximate surface area is 107 Å². The molecule has 0 rings (SSSR count). The fourth-order valence-corrected chi connectivity index (χ4v) is 1.48. The van der Waals surface area contributed by atoms with E-state index in [9.17, 15) is 9.59 Å². The monoisotopic (exact) mass is 262 g/mol. The lowest BCUT2D eigenvalue weighted by atomic mass is 10.0. The van der Waals surface area contributed by atoms with E-state index >= 15 is 0 Å². The van der Waals surface area contributed by atoms with Crippen LogP contribution in [0.3, 0.4) is 0 Å². The van der Waals surface area contributed by atoms with E-state index in [0.717, 1.165) is 6.42 Å². The number of urea groups is 1. The average Bonchev–Trinajstić information content (AvgIpc) is 2.30. The normalized spacial score (nSPS) is 13.8. The predicted molar refractivity (Wildman–Crippen MR) is 70.4 cm³/mol. The molecule has 0 heterocycles. The van der Waals surface area contributed by atoms with Crippen molar-refractivity contribution < 1.29 is 14.7 Å². The number of hydrogen-bond donors (Lipinski definition) is 3. The Hall–Kier alpha value is -0.910. The minimum atomic E-state index is -0.824. The van der Waals surface area contributed by atoms with Crippen LogP contribution in [0.4, 0.5) is 4.79 Å². The topological polar surface area (TPSA) is 78.4 Å². The number of hydrogen-bond acceptors (Lipinski definition) is 3. The van der Waals surface area contributed by atoms with Gasteiger partial charge in [0.1, 0.15) is 0 Å². The van der Waals surface area contributed by atoms with Crippen molar-refractivity contribution in [1.82, 2.24) is 10.6 Å². The largest absolute Gasteiger partial charge is 0.481 e. The lowest BCUT2D eigenvalue weighted by Crippen LogP contribution is -2.40. The van der Waals surface area contributed by atoms with Gasteiger partial charge in [0.2, 0.25) is 0 Å². The predicted octanol–water partition coefficient (Wildman–Crippen LogP) is 1.54. The van der Waals surface area contributed by atoms with E-state index in [2.05, 4.69) is 10.6 Å². The number of thioether (sulfide) groups is 1. The first kappa shape index (κ1) is 16.1. The third-order valence-corrected chi connectivity index (χ3v) is 3.52. The van der Waals surface area contributed by atoms with Crippen LogP contribution in [0.25, 0.3) is 0 Å². The lowest BCUT2D eigenvalue weighted by molar-refractivity contribution is -0.138. The zero-order chi connectivity index (χ0) is 13.3. The second-order valence-corrected chi connectivity index (χ2v) is 5.29. The Kier molecular flexibility index (Phi) is 8.66. The third kappa shape index (κ3) is 8.85. The van der Waals surface area contributed by atoms with Crippen LogP contribution in [0.1, 0.15) is 26.7 Å². The smallest absolute Gasteiger partial charge is 0.314 e. The summed E-state index contributed by atoms with van der Waals surface area (Å²) >= 11 is 1.68. The Bertz CT molecular complexity index is 249. The van der Waals surface area contributed by atoms with Crippen LogP contribution < -0.4 is 10.6 Å². The van der Waals surface area contributed by atoms with Gasteiger partial charge in [-0.05, 0) is 12.2 Å². The van der Waals surface area contributed by atoms with E-state index in [-0.39, 0.29) is 18.4 Å². The summed E-state index contributed by atoms with van der Waals surface area (Å²) in [4.78, 5) is 21.9. The molecule has 0 aromatic rings. The van der Waals surface area contributed by atoms with Gasteiger partial charge in [0.15, 0.2) is 0 Å². The molecule has 0 radical (unpaired) electrons. The van der Waals surface area contributed by atoms with Gasteiger partial charge in [-0.2, -0.15) is 11.8 Å². The maximum absolute atomic E-state index is 11.4. The molecule has 0 aromatic heterocycles. The van der Waals surface area contributed by atoms with E-state index in [0.29, 0.717) is 18.3 Å². The van der Waals surface area contributed by atoms with E-state index in [4.69, 9.17) is 5.11 Å². The highest BCUT2D eigenvalue weighted by atomic mass is 32.2. The first-order valence-corrected chi connectivity index (χ1v) is 7.04. The second kappa shape index (κ2) is 9.15.